The Morgan fingerprint density at radius 1 is 1.04 bits per heavy atom. The number of benzene rings is 2. The fourth-order valence-corrected chi connectivity index (χ4v) is 2.75. The number of anilines is 2. The molecule has 1 aromatic heterocycles. The summed E-state index contributed by atoms with van der Waals surface area (Å²) in [6.45, 7) is 4.57. The number of aromatic nitrogens is 2. The van der Waals surface area contributed by atoms with Crippen LogP contribution in [0.4, 0.5) is 11.5 Å². The van der Waals surface area contributed by atoms with Crippen molar-refractivity contribution in [1.82, 2.24) is 9.97 Å². The van der Waals surface area contributed by atoms with Crippen LogP contribution in [0.25, 0.3) is 0 Å². The van der Waals surface area contributed by atoms with Crippen LogP contribution in [0.15, 0.2) is 54.9 Å². The lowest BCUT2D eigenvalue weighted by atomic mass is 10.1. The molecule has 3 aromatic rings. The number of nitrogens with zero attached hydrogens (tertiary/aromatic N) is 2. The average molecular weight is 367 g/mol. The van der Waals surface area contributed by atoms with Crippen LogP contribution in [-0.2, 0) is 6.54 Å². The molecule has 0 bridgehead atoms. The third kappa shape index (κ3) is 4.37. The van der Waals surface area contributed by atoms with Gasteiger partial charge in [0, 0.05) is 23.3 Å². The summed E-state index contributed by atoms with van der Waals surface area (Å²) in [4.78, 5) is 20.7. The molecule has 1 amide bonds. The first-order chi connectivity index (χ1) is 12.5. The van der Waals surface area contributed by atoms with Crippen LogP contribution in [-0.4, -0.2) is 15.9 Å². The fraction of sp³-hybridized carbons (Fsp3) is 0.150. The van der Waals surface area contributed by atoms with Crippen molar-refractivity contribution >= 4 is 29.0 Å². The Morgan fingerprint density at radius 2 is 1.85 bits per heavy atom. The van der Waals surface area contributed by atoms with Gasteiger partial charge in [0.25, 0.3) is 5.91 Å². The van der Waals surface area contributed by atoms with E-state index in [0.29, 0.717) is 28.8 Å². The van der Waals surface area contributed by atoms with Crippen LogP contribution >= 0.6 is 11.6 Å². The Labute approximate surface area is 157 Å². The van der Waals surface area contributed by atoms with E-state index in [-0.39, 0.29) is 5.91 Å². The maximum absolute atomic E-state index is 12.5. The second-order valence-electron chi connectivity index (χ2n) is 5.98. The highest BCUT2D eigenvalue weighted by Crippen LogP contribution is 2.20. The molecule has 132 valence electrons. The second kappa shape index (κ2) is 7.97. The minimum Gasteiger partial charge on any atom is -0.366 e. The Morgan fingerprint density at radius 3 is 2.62 bits per heavy atom. The zero-order valence-corrected chi connectivity index (χ0v) is 15.3. The molecule has 5 nitrogen and oxygen atoms in total. The number of hydrogen-bond donors (Lipinski definition) is 2. The van der Waals surface area contributed by atoms with E-state index in [9.17, 15) is 4.79 Å². The first-order valence-corrected chi connectivity index (χ1v) is 8.58. The van der Waals surface area contributed by atoms with E-state index >= 15 is 0 Å². The standard InChI is InChI=1S/C20H19ClN4O/c1-13-5-3-4-6-15(13)11-22-19-10-18(23-12-24-19)20(26)25-17-8-7-16(21)9-14(17)2/h3-10,12H,11H2,1-2H3,(H,25,26)(H,22,23,24). The first-order valence-electron chi connectivity index (χ1n) is 8.21. The van der Waals surface area contributed by atoms with Crippen LogP contribution in [0.1, 0.15) is 27.2 Å². The highest BCUT2D eigenvalue weighted by molar-refractivity contribution is 6.30. The monoisotopic (exact) mass is 366 g/mol. The maximum atomic E-state index is 12.5. The molecule has 0 atom stereocenters. The van der Waals surface area contributed by atoms with Crippen molar-refractivity contribution in [1.29, 1.82) is 0 Å². The molecule has 2 aromatic carbocycles. The largest absolute Gasteiger partial charge is 0.366 e. The Bertz CT molecular complexity index is 943. The highest BCUT2D eigenvalue weighted by Gasteiger charge is 2.11. The minimum atomic E-state index is -0.295. The van der Waals surface area contributed by atoms with E-state index in [1.54, 1.807) is 24.3 Å². The molecule has 26 heavy (non-hydrogen) atoms. The van der Waals surface area contributed by atoms with Crippen molar-refractivity contribution < 1.29 is 4.79 Å². The quantitative estimate of drug-likeness (QED) is 0.691. The minimum absolute atomic E-state index is 0.293. The molecular formula is C20H19ClN4O. The number of nitrogens with one attached hydrogen (secondary N) is 2. The van der Waals surface area contributed by atoms with E-state index in [1.807, 2.05) is 19.1 Å². The van der Waals surface area contributed by atoms with Gasteiger partial charge in [0.15, 0.2) is 0 Å². The van der Waals surface area contributed by atoms with Crippen LogP contribution in [0.5, 0.6) is 0 Å². The van der Waals surface area contributed by atoms with Gasteiger partial charge in [-0.2, -0.15) is 0 Å². The molecule has 0 spiro atoms. The third-order valence-electron chi connectivity index (χ3n) is 4.06. The van der Waals surface area contributed by atoms with Crippen molar-refractivity contribution in [2.24, 2.45) is 0 Å². The van der Waals surface area contributed by atoms with Crippen molar-refractivity contribution in [2.75, 3.05) is 10.6 Å². The number of hydrogen-bond acceptors (Lipinski definition) is 4. The summed E-state index contributed by atoms with van der Waals surface area (Å²) in [6.07, 6.45) is 1.38. The van der Waals surface area contributed by atoms with E-state index in [2.05, 4.69) is 39.7 Å². The van der Waals surface area contributed by atoms with E-state index in [0.717, 1.165) is 5.56 Å². The van der Waals surface area contributed by atoms with E-state index < -0.39 is 0 Å². The highest BCUT2D eigenvalue weighted by atomic mass is 35.5. The van der Waals surface area contributed by atoms with E-state index in [1.165, 1.54) is 17.5 Å². The number of carbonyl (C=O) groups excluding carboxylic acids is 1. The molecule has 0 aliphatic rings. The molecular weight excluding hydrogens is 348 g/mol. The predicted octanol–water partition coefficient (Wildman–Crippen LogP) is 4.61. The van der Waals surface area contributed by atoms with Gasteiger partial charge in [-0.05, 0) is 48.7 Å². The zero-order valence-electron chi connectivity index (χ0n) is 14.6. The van der Waals surface area contributed by atoms with Gasteiger partial charge in [0.1, 0.15) is 17.8 Å². The van der Waals surface area contributed by atoms with E-state index in [4.69, 9.17) is 11.6 Å². The van der Waals surface area contributed by atoms with Gasteiger partial charge >= 0.3 is 0 Å². The maximum Gasteiger partial charge on any atom is 0.274 e. The number of amides is 1. The van der Waals surface area contributed by atoms with Crippen molar-refractivity contribution in [3.05, 3.63) is 82.3 Å². The molecule has 0 saturated carbocycles. The number of rotatable bonds is 5. The predicted molar refractivity (Wildman–Crippen MR) is 105 cm³/mol. The summed E-state index contributed by atoms with van der Waals surface area (Å²) < 4.78 is 0. The fourth-order valence-electron chi connectivity index (χ4n) is 2.53. The summed E-state index contributed by atoms with van der Waals surface area (Å²) in [5.74, 6) is 0.304. The van der Waals surface area contributed by atoms with Crippen LogP contribution in [0.2, 0.25) is 5.02 Å². The van der Waals surface area contributed by atoms with Gasteiger partial charge in [-0.25, -0.2) is 9.97 Å². The molecule has 1 heterocycles. The van der Waals surface area contributed by atoms with Crippen molar-refractivity contribution in [3.8, 4) is 0 Å². The molecule has 6 heteroatoms. The Hall–Kier alpha value is -2.92. The molecule has 0 aliphatic carbocycles. The smallest absolute Gasteiger partial charge is 0.274 e. The van der Waals surface area contributed by atoms with Gasteiger partial charge in [-0.3, -0.25) is 4.79 Å². The van der Waals surface area contributed by atoms with Gasteiger partial charge in [-0.1, -0.05) is 35.9 Å². The molecule has 0 saturated heterocycles. The topological polar surface area (TPSA) is 66.9 Å². The number of carbonyl (C=O) groups is 1. The molecule has 0 fully saturated rings. The van der Waals surface area contributed by atoms with Crippen LogP contribution in [0, 0.1) is 13.8 Å². The normalized spacial score (nSPS) is 10.4. The number of aryl methyl sites for hydroxylation is 2. The van der Waals surface area contributed by atoms with Gasteiger partial charge in [0.2, 0.25) is 0 Å². The summed E-state index contributed by atoms with van der Waals surface area (Å²) >= 11 is 5.95. The molecule has 2 N–H and O–H groups in total. The molecule has 3 rings (SSSR count). The SMILES string of the molecule is Cc1ccccc1CNc1cc(C(=O)Nc2ccc(Cl)cc2C)ncn1. The summed E-state index contributed by atoms with van der Waals surface area (Å²) in [5.41, 5.74) is 4.26. The van der Waals surface area contributed by atoms with Crippen molar-refractivity contribution in [2.45, 2.75) is 20.4 Å². The second-order valence-corrected chi connectivity index (χ2v) is 6.42. The summed E-state index contributed by atoms with van der Waals surface area (Å²) in [6, 6.07) is 15.1. The Kier molecular flexibility index (Phi) is 5.49. The summed E-state index contributed by atoms with van der Waals surface area (Å²) in [7, 11) is 0. The van der Waals surface area contributed by atoms with Gasteiger partial charge < -0.3 is 10.6 Å². The zero-order chi connectivity index (χ0) is 18.5. The molecule has 0 unspecified atom stereocenters. The lowest BCUT2D eigenvalue weighted by Crippen LogP contribution is -2.15. The lowest BCUT2D eigenvalue weighted by molar-refractivity contribution is 0.102. The van der Waals surface area contributed by atoms with Crippen molar-refractivity contribution in [3.63, 3.8) is 0 Å². The van der Waals surface area contributed by atoms with Crippen LogP contribution < -0.4 is 10.6 Å². The third-order valence-corrected chi connectivity index (χ3v) is 4.29. The van der Waals surface area contributed by atoms with Crippen LogP contribution in [0.3, 0.4) is 0 Å². The lowest BCUT2D eigenvalue weighted by Gasteiger charge is -2.10. The Balaban J connectivity index is 1.70. The molecule has 0 radical (unpaired) electrons. The average Bonchev–Trinajstić information content (AvgIpc) is 2.63. The van der Waals surface area contributed by atoms with Gasteiger partial charge in [-0.15, -0.1) is 0 Å². The first kappa shape index (κ1) is 17.9. The number of halogens is 1. The van der Waals surface area contributed by atoms with Gasteiger partial charge in [0.05, 0.1) is 0 Å². The molecule has 0 aliphatic heterocycles. The summed E-state index contributed by atoms with van der Waals surface area (Å²) in [5, 5.41) is 6.71.